The summed E-state index contributed by atoms with van der Waals surface area (Å²) in [5.74, 6) is 0.895. The predicted molar refractivity (Wildman–Crippen MR) is 64.1 cm³/mol. The van der Waals surface area contributed by atoms with E-state index >= 15 is 0 Å². The average molecular weight is 205 g/mol. The number of benzene rings is 1. The van der Waals surface area contributed by atoms with E-state index in [0.717, 1.165) is 16.9 Å². The number of ether oxygens (including phenoxy) is 1. The molecule has 2 atom stereocenters. The summed E-state index contributed by atoms with van der Waals surface area (Å²) in [6, 6.07) is 6.10. The molecule has 0 bridgehead atoms. The van der Waals surface area contributed by atoms with Gasteiger partial charge in [-0.2, -0.15) is 0 Å². The van der Waals surface area contributed by atoms with E-state index in [2.05, 4.69) is 12.6 Å². The van der Waals surface area contributed by atoms with Gasteiger partial charge in [0.2, 0.25) is 0 Å². The first-order valence-electron chi connectivity index (χ1n) is 5.20. The van der Waals surface area contributed by atoms with Crippen molar-refractivity contribution >= 4 is 0 Å². The van der Waals surface area contributed by atoms with Crippen molar-refractivity contribution in [2.45, 2.75) is 32.9 Å². The summed E-state index contributed by atoms with van der Waals surface area (Å²) >= 11 is 0. The third kappa shape index (κ3) is 3.10. The molecule has 0 aromatic heterocycles. The van der Waals surface area contributed by atoms with E-state index in [9.17, 15) is 0 Å². The maximum absolute atomic E-state index is 5.80. The first kappa shape index (κ1) is 11.8. The monoisotopic (exact) mass is 205 g/mol. The average Bonchev–Trinajstić information content (AvgIpc) is 2.20. The van der Waals surface area contributed by atoms with Crippen molar-refractivity contribution in [1.29, 1.82) is 0 Å². The summed E-state index contributed by atoms with van der Waals surface area (Å²) in [5.41, 5.74) is 8.04. The van der Waals surface area contributed by atoms with Crippen molar-refractivity contribution in [3.8, 4) is 5.75 Å². The zero-order valence-corrected chi connectivity index (χ0v) is 9.66. The van der Waals surface area contributed by atoms with Gasteiger partial charge in [0.1, 0.15) is 11.9 Å². The smallest absolute Gasteiger partial charge is 0.123 e. The molecule has 0 aliphatic carbocycles. The molecule has 1 aromatic rings. The maximum Gasteiger partial charge on any atom is 0.123 e. The third-order valence-electron chi connectivity index (χ3n) is 2.37. The van der Waals surface area contributed by atoms with Gasteiger partial charge in [0.15, 0.2) is 0 Å². The second kappa shape index (κ2) is 4.99. The van der Waals surface area contributed by atoms with Crippen molar-refractivity contribution < 1.29 is 4.74 Å². The van der Waals surface area contributed by atoms with E-state index in [-0.39, 0.29) is 12.1 Å². The van der Waals surface area contributed by atoms with Crippen molar-refractivity contribution in [3.63, 3.8) is 0 Å². The van der Waals surface area contributed by atoms with E-state index in [1.807, 2.05) is 32.9 Å². The zero-order chi connectivity index (χ0) is 11.4. The van der Waals surface area contributed by atoms with Crippen LogP contribution in [0.4, 0.5) is 0 Å². The molecule has 0 radical (unpaired) electrons. The van der Waals surface area contributed by atoms with E-state index < -0.39 is 0 Å². The highest BCUT2D eigenvalue weighted by Gasteiger charge is 2.05. The molecular weight excluding hydrogens is 186 g/mol. The highest BCUT2D eigenvalue weighted by atomic mass is 16.5. The van der Waals surface area contributed by atoms with Crippen molar-refractivity contribution in [1.82, 2.24) is 0 Å². The molecule has 1 rings (SSSR count). The first-order valence-corrected chi connectivity index (χ1v) is 5.20. The Morgan fingerprint density at radius 1 is 1.40 bits per heavy atom. The summed E-state index contributed by atoms with van der Waals surface area (Å²) < 4.78 is 5.67. The van der Waals surface area contributed by atoms with Gasteiger partial charge in [0.25, 0.3) is 0 Å². The summed E-state index contributed by atoms with van der Waals surface area (Å²) in [6.07, 6.45) is 1.81. The van der Waals surface area contributed by atoms with Gasteiger partial charge < -0.3 is 10.5 Å². The van der Waals surface area contributed by atoms with Crippen LogP contribution >= 0.6 is 0 Å². The van der Waals surface area contributed by atoms with Gasteiger partial charge in [0.05, 0.1) is 0 Å². The van der Waals surface area contributed by atoms with Gasteiger partial charge in [-0.1, -0.05) is 24.8 Å². The van der Waals surface area contributed by atoms with Crippen LogP contribution in [0.25, 0.3) is 0 Å². The predicted octanol–water partition coefficient (Wildman–Crippen LogP) is 2.97. The molecule has 15 heavy (non-hydrogen) atoms. The second-order valence-corrected chi connectivity index (χ2v) is 3.87. The SMILES string of the molecule is C=CC(C)Oc1ccc(C(C)N)cc1C. The van der Waals surface area contributed by atoms with Crippen molar-refractivity contribution in [3.05, 3.63) is 42.0 Å². The number of hydrogen-bond donors (Lipinski definition) is 1. The Bertz CT molecular complexity index is 344. The fourth-order valence-electron chi connectivity index (χ4n) is 1.34. The van der Waals surface area contributed by atoms with Crippen LogP contribution < -0.4 is 10.5 Å². The molecule has 2 nitrogen and oxygen atoms in total. The van der Waals surface area contributed by atoms with Crippen LogP contribution in [-0.2, 0) is 0 Å². The molecule has 0 saturated carbocycles. The van der Waals surface area contributed by atoms with Crippen LogP contribution in [0.1, 0.15) is 31.0 Å². The molecule has 0 spiro atoms. The Morgan fingerprint density at radius 2 is 2.07 bits per heavy atom. The quantitative estimate of drug-likeness (QED) is 0.767. The standard InChI is InChI=1S/C13H19NO/c1-5-10(3)15-13-7-6-12(11(4)14)8-9(13)2/h5-8,10-11H,1,14H2,2-4H3. The molecule has 0 amide bonds. The molecule has 2 unspecified atom stereocenters. The van der Waals surface area contributed by atoms with Gasteiger partial charge in [-0.05, 0) is 38.0 Å². The van der Waals surface area contributed by atoms with Gasteiger partial charge in [-0.15, -0.1) is 0 Å². The summed E-state index contributed by atoms with van der Waals surface area (Å²) in [4.78, 5) is 0. The van der Waals surface area contributed by atoms with Crippen molar-refractivity contribution in [2.24, 2.45) is 5.73 Å². The van der Waals surface area contributed by atoms with Crippen molar-refractivity contribution in [2.75, 3.05) is 0 Å². The van der Waals surface area contributed by atoms with E-state index in [0.29, 0.717) is 0 Å². The van der Waals surface area contributed by atoms with Crippen LogP contribution in [0.15, 0.2) is 30.9 Å². The highest BCUT2D eigenvalue weighted by molar-refractivity contribution is 5.37. The molecule has 82 valence electrons. The normalized spacial score (nSPS) is 14.4. The molecular formula is C13H19NO. The number of hydrogen-bond acceptors (Lipinski definition) is 2. The fourth-order valence-corrected chi connectivity index (χ4v) is 1.34. The van der Waals surface area contributed by atoms with Gasteiger partial charge in [0, 0.05) is 6.04 Å². The lowest BCUT2D eigenvalue weighted by Crippen LogP contribution is -2.09. The van der Waals surface area contributed by atoms with E-state index in [1.165, 1.54) is 0 Å². The lowest BCUT2D eigenvalue weighted by Gasteiger charge is -2.14. The van der Waals surface area contributed by atoms with E-state index in [4.69, 9.17) is 10.5 Å². The Hall–Kier alpha value is -1.28. The van der Waals surface area contributed by atoms with Crippen LogP contribution in [-0.4, -0.2) is 6.10 Å². The minimum absolute atomic E-state index is 0.0323. The molecule has 0 saturated heterocycles. The van der Waals surface area contributed by atoms with Gasteiger partial charge in [-0.3, -0.25) is 0 Å². The lowest BCUT2D eigenvalue weighted by molar-refractivity contribution is 0.268. The zero-order valence-electron chi connectivity index (χ0n) is 9.66. The molecule has 2 heteroatoms. The van der Waals surface area contributed by atoms with Gasteiger partial charge >= 0.3 is 0 Å². The minimum atomic E-state index is 0.0323. The molecule has 0 aliphatic rings. The molecule has 0 fully saturated rings. The number of nitrogens with two attached hydrogens (primary N) is 1. The van der Waals surface area contributed by atoms with E-state index in [1.54, 1.807) is 6.08 Å². The first-order chi connectivity index (χ1) is 7.04. The lowest BCUT2D eigenvalue weighted by atomic mass is 10.1. The number of aryl methyl sites for hydroxylation is 1. The van der Waals surface area contributed by atoms with Crippen LogP contribution in [0.5, 0.6) is 5.75 Å². The van der Waals surface area contributed by atoms with Gasteiger partial charge in [-0.25, -0.2) is 0 Å². The second-order valence-electron chi connectivity index (χ2n) is 3.87. The topological polar surface area (TPSA) is 35.2 Å². The number of rotatable bonds is 4. The molecule has 2 N–H and O–H groups in total. The summed E-state index contributed by atoms with van der Waals surface area (Å²) in [6.45, 7) is 9.65. The fraction of sp³-hybridized carbons (Fsp3) is 0.385. The Balaban J connectivity index is 2.88. The minimum Gasteiger partial charge on any atom is -0.486 e. The maximum atomic E-state index is 5.80. The highest BCUT2D eigenvalue weighted by Crippen LogP contribution is 2.22. The molecule has 0 aliphatic heterocycles. The summed E-state index contributed by atoms with van der Waals surface area (Å²) in [5, 5.41) is 0. The third-order valence-corrected chi connectivity index (χ3v) is 2.37. The Labute approximate surface area is 91.7 Å². The van der Waals surface area contributed by atoms with Crippen LogP contribution in [0.3, 0.4) is 0 Å². The molecule has 0 heterocycles. The summed E-state index contributed by atoms with van der Waals surface area (Å²) in [7, 11) is 0. The Morgan fingerprint density at radius 3 is 2.53 bits per heavy atom. The Kier molecular flexibility index (Phi) is 3.92. The largest absolute Gasteiger partial charge is 0.486 e. The van der Waals surface area contributed by atoms with Crippen LogP contribution in [0, 0.1) is 6.92 Å². The van der Waals surface area contributed by atoms with Crippen LogP contribution in [0.2, 0.25) is 0 Å². The molecule has 1 aromatic carbocycles.